The fraction of sp³-hybridized carbons (Fsp3) is 0.704. The van der Waals surface area contributed by atoms with Gasteiger partial charge in [-0.25, -0.2) is 13.2 Å². The van der Waals surface area contributed by atoms with Crippen molar-refractivity contribution in [3.05, 3.63) is 16.0 Å². The fourth-order valence-electron chi connectivity index (χ4n) is 7.71. The quantitative estimate of drug-likeness (QED) is 0.518. The van der Waals surface area contributed by atoms with Crippen LogP contribution in [0.2, 0.25) is 0 Å². The topological polar surface area (TPSA) is 128 Å². The van der Waals surface area contributed by atoms with E-state index in [0.29, 0.717) is 55.5 Å². The van der Waals surface area contributed by atoms with Crippen molar-refractivity contribution >= 4 is 28.2 Å². The lowest BCUT2D eigenvalue weighted by Crippen LogP contribution is -2.59. The van der Waals surface area contributed by atoms with E-state index in [4.69, 9.17) is 10.5 Å². The Morgan fingerprint density at radius 2 is 1.85 bits per heavy atom. The molecule has 1 unspecified atom stereocenters. The number of hydrogen-bond acceptors (Lipinski definition) is 11. The second-order valence-electron chi connectivity index (χ2n) is 12.4. The van der Waals surface area contributed by atoms with Crippen molar-refractivity contribution in [3.8, 4) is 12.1 Å². The van der Waals surface area contributed by atoms with E-state index in [2.05, 4.69) is 25.9 Å². The van der Waals surface area contributed by atoms with Gasteiger partial charge >= 0.3 is 6.01 Å². The Kier molecular flexibility index (Phi) is 6.30. The summed E-state index contributed by atoms with van der Waals surface area (Å²) >= 11 is 1.48. The first-order valence-electron chi connectivity index (χ1n) is 14.2. The number of rotatable bonds is 6. The molecule has 4 aliphatic heterocycles. The van der Waals surface area contributed by atoms with E-state index in [9.17, 15) is 23.5 Å². The van der Waals surface area contributed by atoms with Crippen molar-refractivity contribution in [1.29, 1.82) is 5.26 Å². The van der Waals surface area contributed by atoms with Crippen LogP contribution < -0.4 is 20.3 Å². The maximum Gasteiger partial charge on any atom is 0.323 e. The Morgan fingerprint density at radius 1 is 1.10 bits per heavy atom. The highest BCUT2D eigenvalue weighted by Gasteiger charge is 2.53. The molecular formula is C27H33F3N8O2S. The predicted molar refractivity (Wildman–Crippen MR) is 146 cm³/mol. The first-order valence-corrected chi connectivity index (χ1v) is 15.1. The third-order valence-electron chi connectivity index (χ3n) is 9.76. The number of halogens is 3. The molecule has 3 N–H and O–H groups in total. The average Bonchev–Trinajstić information content (AvgIpc) is 3.64. The summed E-state index contributed by atoms with van der Waals surface area (Å²) in [6, 6.07) is 2.34. The first kappa shape index (κ1) is 27.0. The number of anilines is 3. The minimum Gasteiger partial charge on any atom is -0.461 e. The van der Waals surface area contributed by atoms with Crippen LogP contribution in [0.1, 0.15) is 54.5 Å². The summed E-state index contributed by atoms with van der Waals surface area (Å²) in [4.78, 5) is 20.6. The molecule has 4 fully saturated rings. The fourth-order valence-corrected chi connectivity index (χ4v) is 8.85. The van der Waals surface area contributed by atoms with Gasteiger partial charge < -0.3 is 25.4 Å². The van der Waals surface area contributed by atoms with Gasteiger partial charge in [-0.15, -0.1) is 11.3 Å². The number of aryl methyl sites for hydroxylation is 1. The molecule has 1 spiro atoms. The molecule has 0 radical (unpaired) electrons. The Labute approximate surface area is 239 Å². The van der Waals surface area contributed by atoms with Crippen LogP contribution in [0.15, 0.2) is 0 Å². The maximum absolute atomic E-state index is 14.3. The minimum absolute atomic E-state index is 0.00675. The van der Waals surface area contributed by atoms with E-state index < -0.39 is 23.7 Å². The number of nitrogens with zero attached hydrogens (tertiary/aromatic N) is 7. The lowest BCUT2D eigenvalue weighted by atomic mass is 9.74. The zero-order valence-electron chi connectivity index (χ0n) is 22.7. The number of alkyl halides is 3. The molecule has 7 rings (SSSR count). The summed E-state index contributed by atoms with van der Waals surface area (Å²) in [7, 11) is 0. The third kappa shape index (κ3) is 4.30. The normalized spacial score (nSPS) is 30.5. The van der Waals surface area contributed by atoms with Gasteiger partial charge in [-0.1, -0.05) is 0 Å². The number of aromatic nitrogens is 3. The Morgan fingerprint density at radius 3 is 2.61 bits per heavy atom. The molecule has 5 aliphatic rings. The van der Waals surface area contributed by atoms with E-state index in [-0.39, 0.29) is 36.9 Å². The van der Waals surface area contributed by atoms with Gasteiger partial charge in [-0.2, -0.15) is 20.2 Å². The second-order valence-corrected chi connectivity index (χ2v) is 13.5. The molecule has 0 saturated carbocycles. The average molecular weight is 591 g/mol. The van der Waals surface area contributed by atoms with E-state index in [1.165, 1.54) is 11.3 Å². The van der Waals surface area contributed by atoms with Gasteiger partial charge in [0.2, 0.25) is 11.9 Å². The van der Waals surface area contributed by atoms with Crippen LogP contribution in [-0.4, -0.2) is 94.6 Å². The highest BCUT2D eigenvalue weighted by Crippen LogP contribution is 2.52. The van der Waals surface area contributed by atoms with Gasteiger partial charge in [0, 0.05) is 42.9 Å². The zero-order valence-corrected chi connectivity index (χ0v) is 23.5. The number of nitrogen functional groups attached to an aromatic ring is 1. The molecule has 0 amide bonds. The molecule has 4 saturated heterocycles. The Bertz CT molecular complexity index is 1400. The molecule has 2 aromatic rings. The molecule has 1 aliphatic carbocycles. The molecule has 10 nitrogen and oxygen atoms in total. The Hall–Kier alpha value is -2.89. The molecule has 3 atom stereocenters. The predicted octanol–water partition coefficient (Wildman–Crippen LogP) is 2.64. The number of nitrogens with two attached hydrogens (primary N) is 1. The molecule has 0 aromatic carbocycles. The van der Waals surface area contributed by atoms with E-state index in [1.807, 2.05) is 4.90 Å². The molecule has 14 heteroatoms. The van der Waals surface area contributed by atoms with Crippen molar-refractivity contribution < 1.29 is 23.0 Å². The molecular weight excluding hydrogens is 557 g/mol. The van der Waals surface area contributed by atoms with E-state index >= 15 is 0 Å². The van der Waals surface area contributed by atoms with Crippen molar-refractivity contribution in [2.24, 2.45) is 0 Å². The summed E-state index contributed by atoms with van der Waals surface area (Å²) in [5, 5.41) is 20.9. The summed E-state index contributed by atoms with van der Waals surface area (Å²) in [6.45, 7) is 2.71. The van der Waals surface area contributed by atoms with Crippen LogP contribution in [0.4, 0.5) is 30.1 Å². The summed E-state index contributed by atoms with van der Waals surface area (Å²) in [6.07, 6.45) is 0.516. The molecule has 6 heterocycles. The summed E-state index contributed by atoms with van der Waals surface area (Å²) in [5.41, 5.74) is 4.96. The Balaban J connectivity index is 1.17. The second kappa shape index (κ2) is 9.57. The summed E-state index contributed by atoms with van der Waals surface area (Å²) in [5.74, 6) is 0.525. The van der Waals surface area contributed by atoms with Gasteiger partial charge in [0.15, 0.2) is 0 Å². The van der Waals surface area contributed by atoms with Crippen molar-refractivity contribution in [3.63, 3.8) is 0 Å². The standard InChI is InChI=1S/C27H33F3N8O2S/c28-16-9-26(4-1-8-38(26)11-16)15-40-24-34-22(36-7-2-5-27(39,14-36)21(29)30)33-23(35-24)37-12-25(13-37)6-3-18-19(25)17(10-31)20(32)41-18/h16,21,39H,1-9,11-15,32H2/t16-,26+,27?/m1/s1. The number of thiophene rings is 1. The zero-order chi connectivity index (χ0) is 28.6. The monoisotopic (exact) mass is 590 g/mol. The summed E-state index contributed by atoms with van der Waals surface area (Å²) < 4.78 is 47.9. The lowest BCUT2D eigenvalue weighted by Gasteiger charge is -2.48. The number of β-amino-alcohol motifs (C(OH)–C–C–N with tert-alkyl or cyclic N) is 1. The van der Waals surface area contributed by atoms with Gasteiger partial charge in [-0.05, 0) is 50.6 Å². The number of piperidine rings is 1. The number of nitriles is 1. The highest BCUT2D eigenvalue weighted by atomic mass is 32.1. The smallest absolute Gasteiger partial charge is 0.323 e. The van der Waals surface area contributed by atoms with Crippen LogP contribution in [0.3, 0.4) is 0 Å². The van der Waals surface area contributed by atoms with Gasteiger partial charge in [0.25, 0.3) is 6.43 Å². The molecule has 220 valence electrons. The maximum atomic E-state index is 14.3. The largest absolute Gasteiger partial charge is 0.461 e. The van der Waals surface area contributed by atoms with Crippen molar-refractivity contribution in [2.45, 2.75) is 74.1 Å². The highest BCUT2D eigenvalue weighted by molar-refractivity contribution is 7.16. The van der Waals surface area contributed by atoms with Crippen molar-refractivity contribution in [1.82, 2.24) is 19.9 Å². The first-order chi connectivity index (χ1) is 19.6. The molecule has 2 aromatic heterocycles. The van der Waals surface area contributed by atoms with Crippen molar-refractivity contribution in [2.75, 3.05) is 61.4 Å². The van der Waals surface area contributed by atoms with Gasteiger partial charge in [-0.3, -0.25) is 4.90 Å². The van der Waals surface area contributed by atoms with Crippen LogP contribution in [0, 0.1) is 11.3 Å². The molecule has 41 heavy (non-hydrogen) atoms. The number of hydrogen-bond donors (Lipinski definition) is 2. The number of aliphatic hydroxyl groups is 1. The minimum atomic E-state index is -2.90. The number of ether oxygens (including phenoxy) is 1. The number of fused-ring (bicyclic) bond motifs is 3. The van der Waals surface area contributed by atoms with Gasteiger partial charge in [0.05, 0.1) is 17.6 Å². The third-order valence-corrected chi connectivity index (χ3v) is 10.8. The van der Waals surface area contributed by atoms with Crippen LogP contribution in [0.5, 0.6) is 6.01 Å². The van der Waals surface area contributed by atoms with Crippen LogP contribution >= 0.6 is 11.3 Å². The van der Waals surface area contributed by atoms with Gasteiger partial charge in [0.1, 0.15) is 29.4 Å². The van der Waals surface area contributed by atoms with E-state index in [0.717, 1.165) is 42.7 Å². The SMILES string of the molecule is N#Cc1c(N)sc2c1C1(CC2)CN(c2nc(OC[C@@]34CCCN3C[C@H](F)C4)nc(N3CCCC(O)(C(F)F)C3)n2)C1. The van der Waals surface area contributed by atoms with Crippen LogP contribution in [-0.2, 0) is 11.8 Å². The van der Waals surface area contributed by atoms with Crippen LogP contribution in [0.25, 0.3) is 0 Å². The molecule has 0 bridgehead atoms. The van der Waals surface area contributed by atoms with E-state index in [1.54, 1.807) is 4.90 Å². The lowest BCUT2D eigenvalue weighted by molar-refractivity contribution is -0.102.